The van der Waals surface area contributed by atoms with E-state index in [9.17, 15) is 14.4 Å². The smallest absolute Gasteiger partial charge is 0.336 e. The maximum absolute atomic E-state index is 13.3. The van der Waals surface area contributed by atoms with Gasteiger partial charge in [0.15, 0.2) is 0 Å². The Labute approximate surface area is 156 Å². The summed E-state index contributed by atoms with van der Waals surface area (Å²) in [6.07, 6.45) is 2.65. The molecule has 4 rings (SSSR count). The largest absolute Gasteiger partial charge is 0.352 e. The molecule has 1 aromatic heterocycles. The molecule has 0 saturated heterocycles. The Morgan fingerprint density at radius 2 is 1.78 bits per heavy atom. The van der Waals surface area contributed by atoms with Crippen molar-refractivity contribution in [2.75, 3.05) is 0 Å². The van der Waals surface area contributed by atoms with Gasteiger partial charge in [0.25, 0.3) is 5.56 Å². The summed E-state index contributed by atoms with van der Waals surface area (Å²) in [5.41, 5.74) is 1.09. The van der Waals surface area contributed by atoms with Gasteiger partial charge in [-0.3, -0.25) is 14.2 Å². The molecule has 1 fully saturated rings. The second-order valence-electron chi connectivity index (χ2n) is 6.85. The number of carbonyl (C=O) groups is 1. The van der Waals surface area contributed by atoms with Crippen LogP contribution < -0.4 is 16.6 Å². The molecule has 1 aliphatic rings. The molecule has 1 heterocycles. The molecular formula is C21H21N3O3. The molecule has 0 atom stereocenters. The van der Waals surface area contributed by atoms with Crippen LogP contribution in [0.1, 0.15) is 25.3 Å². The molecule has 0 unspecified atom stereocenters. The molecule has 27 heavy (non-hydrogen) atoms. The van der Waals surface area contributed by atoms with Crippen molar-refractivity contribution in [2.45, 2.75) is 38.8 Å². The standard InChI is InChI=1S/C21H21N3O3/c1-2-14-7-3-5-9-17(14)24-20(26)16-8-4-6-10-18(16)23(21(24)27)13-19(25)22-15-11-12-15/h3-10,15H,2,11-13H2,1H3,(H,22,25). The number of hydrogen-bond donors (Lipinski definition) is 1. The van der Waals surface area contributed by atoms with Crippen LogP contribution in [0, 0.1) is 0 Å². The summed E-state index contributed by atoms with van der Waals surface area (Å²) in [6, 6.07) is 14.5. The Morgan fingerprint density at radius 1 is 1.07 bits per heavy atom. The van der Waals surface area contributed by atoms with Gasteiger partial charge in [-0.15, -0.1) is 0 Å². The lowest BCUT2D eigenvalue weighted by Crippen LogP contribution is -2.42. The molecular weight excluding hydrogens is 342 g/mol. The fraction of sp³-hybridized carbons (Fsp3) is 0.286. The molecule has 2 aromatic carbocycles. The van der Waals surface area contributed by atoms with E-state index in [1.54, 1.807) is 36.4 Å². The number of fused-ring (bicyclic) bond motifs is 1. The molecule has 1 aliphatic carbocycles. The lowest BCUT2D eigenvalue weighted by molar-refractivity contribution is -0.121. The van der Waals surface area contributed by atoms with Crippen molar-refractivity contribution >= 4 is 16.8 Å². The van der Waals surface area contributed by atoms with Crippen LogP contribution in [-0.2, 0) is 17.8 Å². The zero-order chi connectivity index (χ0) is 19.0. The van der Waals surface area contributed by atoms with E-state index in [1.807, 2.05) is 19.1 Å². The molecule has 0 bridgehead atoms. The first-order valence-corrected chi connectivity index (χ1v) is 9.22. The first-order chi connectivity index (χ1) is 13.1. The number of hydrogen-bond acceptors (Lipinski definition) is 3. The predicted octanol–water partition coefficient (Wildman–Crippen LogP) is 1.99. The Hall–Kier alpha value is -3.15. The second-order valence-corrected chi connectivity index (χ2v) is 6.85. The van der Waals surface area contributed by atoms with Gasteiger partial charge in [-0.1, -0.05) is 37.3 Å². The Kier molecular flexibility index (Phi) is 4.39. The van der Waals surface area contributed by atoms with Crippen molar-refractivity contribution in [3.63, 3.8) is 0 Å². The topological polar surface area (TPSA) is 73.1 Å². The van der Waals surface area contributed by atoms with Crippen LogP contribution in [0.4, 0.5) is 0 Å². The first-order valence-electron chi connectivity index (χ1n) is 9.22. The lowest BCUT2D eigenvalue weighted by Gasteiger charge is -2.15. The fourth-order valence-corrected chi connectivity index (χ4v) is 3.36. The van der Waals surface area contributed by atoms with Crippen LogP contribution in [0.5, 0.6) is 0 Å². The number of carbonyl (C=O) groups excluding carboxylic acids is 1. The van der Waals surface area contributed by atoms with Crippen LogP contribution in [0.25, 0.3) is 16.6 Å². The number of amides is 1. The van der Waals surface area contributed by atoms with Gasteiger partial charge < -0.3 is 5.32 Å². The molecule has 6 nitrogen and oxygen atoms in total. The Morgan fingerprint density at radius 3 is 2.52 bits per heavy atom. The Bertz CT molecular complexity index is 1140. The minimum atomic E-state index is -0.495. The SMILES string of the molecule is CCc1ccccc1-n1c(=O)c2ccccc2n(CC(=O)NC2CC2)c1=O. The lowest BCUT2D eigenvalue weighted by atomic mass is 10.1. The summed E-state index contributed by atoms with van der Waals surface area (Å²) in [5.74, 6) is -0.210. The van der Waals surface area contributed by atoms with Crippen molar-refractivity contribution in [3.05, 3.63) is 74.9 Å². The number of benzene rings is 2. The second kappa shape index (κ2) is 6.87. The molecule has 0 spiro atoms. The molecule has 138 valence electrons. The molecule has 1 saturated carbocycles. The highest BCUT2D eigenvalue weighted by atomic mass is 16.2. The van der Waals surface area contributed by atoms with Crippen LogP contribution in [0.15, 0.2) is 58.1 Å². The van der Waals surface area contributed by atoms with Gasteiger partial charge in [0.1, 0.15) is 6.54 Å². The van der Waals surface area contributed by atoms with Gasteiger partial charge in [0.2, 0.25) is 5.91 Å². The average molecular weight is 363 g/mol. The minimum Gasteiger partial charge on any atom is -0.352 e. The van der Waals surface area contributed by atoms with E-state index in [2.05, 4.69) is 5.32 Å². The van der Waals surface area contributed by atoms with E-state index in [-0.39, 0.29) is 24.1 Å². The Balaban J connectivity index is 1.95. The van der Waals surface area contributed by atoms with Gasteiger partial charge in [-0.2, -0.15) is 0 Å². The third kappa shape index (κ3) is 3.18. The number of para-hydroxylation sites is 2. The zero-order valence-corrected chi connectivity index (χ0v) is 15.1. The van der Waals surface area contributed by atoms with E-state index < -0.39 is 5.69 Å². The third-order valence-electron chi connectivity index (χ3n) is 4.91. The summed E-state index contributed by atoms with van der Waals surface area (Å²) < 4.78 is 2.58. The number of aryl methyl sites for hydroxylation is 1. The van der Waals surface area contributed by atoms with E-state index in [1.165, 1.54) is 9.13 Å². The van der Waals surface area contributed by atoms with Crippen molar-refractivity contribution in [3.8, 4) is 5.69 Å². The molecule has 6 heteroatoms. The summed E-state index contributed by atoms with van der Waals surface area (Å²) in [7, 11) is 0. The van der Waals surface area contributed by atoms with Gasteiger partial charge in [-0.05, 0) is 43.0 Å². The van der Waals surface area contributed by atoms with E-state index >= 15 is 0 Å². The van der Waals surface area contributed by atoms with Crippen molar-refractivity contribution in [1.29, 1.82) is 0 Å². The normalized spacial score (nSPS) is 13.7. The first kappa shape index (κ1) is 17.3. The summed E-state index contributed by atoms with van der Waals surface area (Å²) in [5, 5.41) is 3.32. The van der Waals surface area contributed by atoms with E-state index in [4.69, 9.17) is 0 Å². The third-order valence-corrected chi connectivity index (χ3v) is 4.91. The number of rotatable bonds is 5. The van der Waals surface area contributed by atoms with Crippen LogP contribution in [0.3, 0.4) is 0 Å². The summed E-state index contributed by atoms with van der Waals surface area (Å²) >= 11 is 0. The van der Waals surface area contributed by atoms with Crippen molar-refractivity contribution < 1.29 is 4.79 Å². The molecule has 1 amide bonds. The average Bonchev–Trinajstić information content (AvgIpc) is 3.49. The van der Waals surface area contributed by atoms with Gasteiger partial charge in [0, 0.05) is 6.04 Å². The molecule has 3 aromatic rings. The zero-order valence-electron chi connectivity index (χ0n) is 15.1. The van der Waals surface area contributed by atoms with Crippen molar-refractivity contribution in [1.82, 2.24) is 14.5 Å². The fourth-order valence-electron chi connectivity index (χ4n) is 3.36. The maximum Gasteiger partial charge on any atom is 0.336 e. The highest BCUT2D eigenvalue weighted by Crippen LogP contribution is 2.19. The van der Waals surface area contributed by atoms with Gasteiger partial charge in [0.05, 0.1) is 16.6 Å². The van der Waals surface area contributed by atoms with E-state index in [0.717, 1.165) is 18.4 Å². The number of nitrogens with zero attached hydrogens (tertiary/aromatic N) is 2. The summed E-state index contributed by atoms with van der Waals surface area (Å²) in [4.78, 5) is 38.7. The minimum absolute atomic E-state index is 0.107. The monoisotopic (exact) mass is 363 g/mol. The van der Waals surface area contributed by atoms with Gasteiger partial charge in [-0.25, -0.2) is 9.36 Å². The van der Waals surface area contributed by atoms with Crippen molar-refractivity contribution in [2.24, 2.45) is 0 Å². The van der Waals surface area contributed by atoms with E-state index in [0.29, 0.717) is 23.0 Å². The highest BCUT2D eigenvalue weighted by Gasteiger charge is 2.24. The maximum atomic E-state index is 13.3. The highest BCUT2D eigenvalue weighted by molar-refractivity contribution is 5.82. The number of nitrogens with one attached hydrogen (secondary N) is 1. The molecule has 0 radical (unpaired) electrons. The van der Waals surface area contributed by atoms with Crippen LogP contribution in [-0.4, -0.2) is 21.1 Å². The van der Waals surface area contributed by atoms with Gasteiger partial charge >= 0.3 is 5.69 Å². The van der Waals surface area contributed by atoms with Crippen LogP contribution >= 0.6 is 0 Å². The quantitative estimate of drug-likeness (QED) is 0.753. The van der Waals surface area contributed by atoms with Crippen LogP contribution in [0.2, 0.25) is 0 Å². The molecule has 0 aliphatic heterocycles. The number of aromatic nitrogens is 2. The predicted molar refractivity (Wildman–Crippen MR) is 104 cm³/mol. The summed E-state index contributed by atoms with van der Waals surface area (Å²) in [6.45, 7) is 1.87. The molecule has 1 N–H and O–H groups in total.